The maximum atomic E-state index is 12.4. The second kappa shape index (κ2) is 16.7. The van der Waals surface area contributed by atoms with Gasteiger partial charge in [0, 0.05) is 63.7 Å². The average molecular weight is 677 g/mol. The molecule has 0 saturated carbocycles. The summed E-state index contributed by atoms with van der Waals surface area (Å²) in [5.74, 6) is 0.411. The van der Waals surface area contributed by atoms with E-state index in [1.54, 1.807) is 13.0 Å². The molecule has 0 spiro atoms. The van der Waals surface area contributed by atoms with Crippen molar-refractivity contribution in [3.05, 3.63) is 186 Å². The maximum absolute atomic E-state index is 12.4. The van der Waals surface area contributed by atoms with E-state index in [9.17, 15) is 4.79 Å². The molecule has 0 aliphatic rings. The number of carbonyl (C=O) groups is 1. The second-order valence-corrected chi connectivity index (χ2v) is 13.0. The molecule has 0 saturated heterocycles. The Morgan fingerprint density at radius 3 is 1.82 bits per heavy atom. The summed E-state index contributed by atoms with van der Waals surface area (Å²) in [7, 11) is 0.689. The molecule has 1 amide bonds. The number of benzene rings is 2. The minimum Gasteiger partial charge on any atom is -0.533 e. The number of hydrogen-bond acceptors (Lipinski definition) is 3. The molecule has 0 fully saturated rings. The van der Waals surface area contributed by atoms with Gasteiger partial charge < -0.3 is 15.0 Å². The number of nitrogens with zero attached hydrogens (tertiary/aromatic N) is 4. The number of pyridine rings is 4. The highest BCUT2D eigenvalue weighted by Crippen LogP contribution is 2.18. The monoisotopic (exact) mass is 676 g/mol. The van der Waals surface area contributed by atoms with Gasteiger partial charge in [-0.3, -0.25) is 4.79 Å². The third kappa shape index (κ3) is 10.1. The lowest BCUT2D eigenvalue weighted by Crippen LogP contribution is -2.36. The Balaban J connectivity index is 1.23. The van der Waals surface area contributed by atoms with Gasteiger partial charge in [0.25, 0.3) is 0 Å². The number of aryl methyl sites for hydroxylation is 1. The van der Waals surface area contributed by atoms with Crippen molar-refractivity contribution in [2.75, 3.05) is 0 Å². The van der Waals surface area contributed by atoms with Gasteiger partial charge in [-0.1, -0.05) is 43.0 Å². The first-order valence-corrected chi connectivity index (χ1v) is 17.0. The minimum atomic E-state index is -0.156. The predicted octanol–water partition coefficient (Wildman–Crippen LogP) is 4.10. The van der Waals surface area contributed by atoms with Crippen LogP contribution in [0.3, 0.4) is 0 Å². The van der Waals surface area contributed by atoms with Crippen LogP contribution in [0.4, 0.5) is 0 Å². The number of aromatic nitrogens is 4. The zero-order chi connectivity index (χ0) is 35.6. The number of hydrogen-bond donors (Lipinski definition) is 2. The van der Waals surface area contributed by atoms with E-state index in [-0.39, 0.29) is 5.91 Å². The van der Waals surface area contributed by atoms with Crippen LogP contribution < -0.4 is 28.2 Å². The molecule has 6 aromatic rings. The van der Waals surface area contributed by atoms with Gasteiger partial charge in [0.15, 0.2) is 75.3 Å². The first-order chi connectivity index (χ1) is 24.8. The summed E-state index contributed by atoms with van der Waals surface area (Å²) in [6, 6.07) is 31.5. The summed E-state index contributed by atoms with van der Waals surface area (Å²) in [6.07, 6.45) is 16.6. The van der Waals surface area contributed by atoms with Crippen LogP contribution in [0.2, 0.25) is 0 Å². The molecule has 6 rings (SSSR count). The van der Waals surface area contributed by atoms with Crippen LogP contribution >= 0.6 is 0 Å². The molecule has 4 aromatic heterocycles. The fourth-order valence-corrected chi connectivity index (χ4v) is 6.15. The lowest BCUT2D eigenvalue weighted by atomic mass is 10.1. The topological polar surface area (TPSA) is 74.1 Å². The Morgan fingerprint density at radius 2 is 1.22 bits per heavy atom. The van der Waals surface area contributed by atoms with Gasteiger partial charge in [-0.15, -0.1) is 0 Å². The van der Waals surface area contributed by atoms with Crippen molar-refractivity contribution < 1.29 is 32.7 Å². The lowest BCUT2D eigenvalue weighted by molar-refractivity contribution is -0.690. The Kier molecular flexibility index (Phi) is 11.4. The summed E-state index contributed by atoms with van der Waals surface area (Å²) in [4.78, 5) is 12.4. The molecule has 1 radical (unpaired) electrons. The van der Waals surface area contributed by atoms with Crippen LogP contribution in [0.1, 0.15) is 40.3 Å². The smallest absolute Gasteiger partial charge is 0.533 e. The van der Waals surface area contributed by atoms with E-state index in [4.69, 9.17) is 9.68 Å². The summed E-state index contributed by atoms with van der Waals surface area (Å²) in [5, 5.41) is 12.0. The predicted molar refractivity (Wildman–Crippen MR) is 195 cm³/mol. The highest BCUT2D eigenvalue weighted by molar-refractivity contribution is 6.17. The van der Waals surface area contributed by atoms with E-state index in [1.165, 1.54) is 22.3 Å². The van der Waals surface area contributed by atoms with Crippen LogP contribution in [0, 0.1) is 6.92 Å². The molecular weight excluding hydrogens is 633 g/mol. The number of amides is 1. The maximum Gasteiger partial charge on any atom is 0.569 e. The van der Waals surface area contributed by atoms with Crippen molar-refractivity contribution in [1.29, 1.82) is 0 Å². The SMILES string of the molecule is C=C(C)C(=O)NCc1cc(-c2ccc[n+](Cc3cccc(C[n+]4cccc(O[B]O)c4)c3)c2)c[n+](Cc2cccc(C[n+]3cccc(C)c3)c2)c1. The molecule has 0 aliphatic carbocycles. The number of nitrogens with one attached hydrogen (secondary N) is 1. The van der Waals surface area contributed by atoms with E-state index >= 15 is 0 Å². The minimum absolute atomic E-state index is 0.156. The van der Waals surface area contributed by atoms with Gasteiger partial charge >= 0.3 is 7.69 Å². The van der Waals surface area contributed by atoms with Gasteiger partial charge in [-0.2, -0.15) is 9.13 Å². The molecule has 4 heterocycles. The number of carbonyl (C=O) groups excluding carboxylic acids is 1. The van der Waals surface area contributed by atoms with E-state index in [0.717, 1.165) is 28.8 Å². The molecule has 8 nitrogen and oxygen atoms in total. The standard InChI is InChI=1S/C42H42BN5O3/c1-32(2)42(49)44-22-38-21-40(30-48(28-38)27-37-13-5-10-34(20-37)24-45-16-6-9-33(3)23-45)39-14-7-17-46(29-39)25-35-11-4-12-36(19-35)26-47-18-8-15-41(31-47)51-43-50/h4-21,23,28-31,50H,1,22,24-27H2,2-3H3/q+3/p+1. The van der Waals surface area contributed by atoms with Crippen molar-refractivity contribution in [2.45, 2.75) is 46.6 Å². The summed E-state index contributed by atoms with van der Waals surface area (Å²) in [5.41, 5.74) is 9.63. The van der Waals surface area contributed by atoms with E-state index in [0.29, 0.717) is 45.2 Å². The van der Waals surface area contributed by atoms with Gasteiger partial charge in [0.05, 0.1) is 11.1 Å². The molecule has 51 heavy (non-hydrogen) atoms. The van der Waals surface area contributed by atoms with Crippen molar-refractivity contribution in [1.82, 2.24) is 5.32 Å². The van der Waals surface area contributed by atoms with Gasteiger partial charge in [-0.05, 0) is 50.2 Å². The zero-order valence-corrected chi connectivity index (χ0v) is 29.2. The van der Waals surface area contributed by atoms with E-state index < -0.39 is 0 Å². The molecule has 253 valence electrons. The first-order valence-electron chi connectivity index (χ1n) is 17.0. The van der Waals surface area contributed by atoms with Crippen molar-refractivity contribution in [3.8, 4) is 16.9 Å². The highest BCUT2D eigenvalue weighted by atomic mass is 16.5. The van der Waals surface area contributed by atoms with Crippen LogP contribution in [0.25, 0.3) is 11.1 Å². The number of rotatable bonds is 14. The van der Waals surface area contributed by atoms with Crippen LogP contribution in [0.15, 0.2) is 153 Å². The normalized spacial score (nSPS) is 10.8. The molecule has 9 heteroatoms. The van der Waals surface area contributed by atoms with E-state index in [1.807, 2.05) is 23.0 Å². The molecule has 2 aromatic carbocycles. The van der Waals surface area contributed by atoms with Crippen molar-refractivity contribution in [3.63, 3.8) is 0 Å². The third-order valence-corrected chi connectivity index (χ3v) is 8.48. The molecular formula is C42H43BN5O3+4. The van der Waals surface area contributed by atoms with E-state index in [2.05, 4.69) is 149 Å². The molecule has 2 N–H and O–H groups in total. The van der Waals surface area contributed by atoms with Crippen molar-refractivity contribution in [2.24, 2.45) is 0 Å². The van der Waals surface area contributed by atoms with Gasteiger partial charge in [0.1, 0.15) is 0 Å². The molecule has 0 atom stereocenters. The summed E-state index contributed by atoms with van der Waals surface area (Å²) in [6.45, 7) is 10.9. The largest absolute Gasteiger partial charge is 0.569 e. The fraction of sp³-hybridized carbons (Fsp3) is 0.167. The first kappa shape index (κ1) is 34.9. The summed E-state index contributed by atoms with van der Waals surface area (Å²) >= 11 is 0. The van der Waals surface area contributed by atoms with Crippen LogP contribution in [0.5, 0.6) is 5.75 Å². The van der Waals surface area contributed by atoms with Crippen LogP contribution in [-0.4, -0.2) is 18.6 Å². The van der Waals surface area contributed by atoms with Crippen molar-refractivity contribution >= 4 is 13.6 Å². The Bertz CT molecular complexity index is 2170. The van der Waals surface area contributed by atoms with Gasteiger partial charge in [0.2, 0.25) is 12.1 Å². The summed E-state index contributed by atoms with van der Waals surface area (Å²) < 4.78 is 13.7. The lowest BCUT2D eigenvalue weighted by Gasteiger charge is -2.08. The molecule has 0 unspecified atom stereocenters. The second-order valence-electron chi connectivity index (χ2n) is 13.0. The quantitative estimate of drug-likeness (QED) is 0.104. The van der Waals surface area contributed by atoms with Crippen LogP contribution in [-0.2, 0) is 37.5 Å². The van der Waals surface area contributed by atoms with Gasteiger partial charge in [-0.25, -0.2) is 9.13 Å². The third-order valence-electron chi connectivity index (χ3n) is 8.48. The zero-order valence-electron chi connectivity index (χ0n) is 29.2. The molecule has 0 aliphatic heterocycles. The Morgan fingerprint density at radius 1 is 0.667 bits per heavy atom. The average Bonchev–Trinajstić information content (AvgIpc) is 3.11. The Labute approximate surface area is 300 Å². The Hall–Kier alpha value is -5.93. The molecule has 0 bridgehead atoms. The highest BCUT2D eigenvalue weighted by Gasteiger charge is 2.16. The fourth-order valence-electron chi connectivity index (χ4n) is 6.15.